The van der Waals surface area contributed by atoms with E-state index in [1.165, 1.54) is 6.07 Å². The smallest absolute Gasteiger partial charge is 0.238 e. The van der Waals surface area contributed by atoms with Gasteiger partial charge in [0.15, 0.2) is 0 Å². The van der Waals surface area contributed by atoms with Gasteiger partial charge in [-0.1, -0.05) is 46.3 Å². The molecule has 0 fully saturated rings. The van der Waals surface area contributed by atoms with Crippen LogP contribution in [0.15, 0.2) is 57.9 Å². The Morgan fingerprint density at radius 2 is 1.81 bits per heavy atom. The summed E-state index contributed by atoms with van der Waals surface area (Å²) in [7, 11) is -3.83. The summed E-state index contributed by atoms with van der Waals surface area (Å²) < 4.78 is 24.2. The topological polar surface area (TPSA) is 80.4 Å². The first kappa shape index (κ1) is 16.2. The normalized spacial score (nSPS) is 13.1. The number of aliphatic hydroxyl groups is 1. The lowest BCUT2D eigenvalue weighted by molar-refractivity contribution is 0.263. The quantitative estimate of drug-likeness (QED) is 0.848. The van der Waals surface area contributed by atoms with Gasteiger partial charge in [0.1, 0.15) is 0 Å². The Balaban J connectivity index is 2.44. The lowest BCUT2D eigenvalue weighted by atomic mass is 9.93. The summed E-state index contributed by atoms with van der Waals surface area (Å²) in [6.45, 7) is -0.159. The molecule has 0 aliphatic heterocycles. The summed E-state index contributed by atoms with van der Waals surface area (Å²) in [5.74, 6) is -0.335. The van der Waals surface area contributed by atoms with Crippen LogP contribution < -0.4 is 5.14 Å². The maximum atomic E-state index is 11.7. The van der Waals surface area contributed by atoms with Crippen LogP contribution in [-0.4, -0.2) is 20.1 Å². The molecule has 0 heterocycles. The predicted molar refractivity (Wildman–Crippen MR) is 85.5 cm³/mol. The van der Waals surface area contributed by atoms with Crippen molar-refractivity contribution in [3.8, 4) is 0 Å². The van der Waals surface area contributed by atoms with E-state index in [0.29, 0.717) is 12.0 Å². The fourth-order valence-corrected chi connectivity index (χ4v) is 3.46. The highest BCUT2D eigenvalue weighted by Gasteiger charge is 2.21. The molecule has 4 nitrogen and oxygen atoms in total. The summed E-state index contributed by atoms with van der Waals surface area (Å²) in [6, 6.07) is 14.4. The molecule has 6 heteroatoms. The molecule has 1 atom stereocenters. The van der Waals surface area contributed by atoms with Crippen LogP contribution >= 0.6 is 15.9 Å². The molecule has 0 saturated heterocycles. The van der Waals surface area contributed by atoms with Crippen molar-refractivity contribution < 1.29 is 13.5 Å². The second-order valence-electron chi connectivity index (χ2n) is 4.80. The fourth-order valence-electron chi connectivity index (χ4n) is 2.27. The van der Waals surface area contributed by atoms with E-state index in [9.17, 15) is 13.5 Å². The number of aliphatic hydroxyl groups excluding tert-OH is 1. The third kappa shape index (κ3) is 4.14. The van der Waals surface area contributed by atoms with Gasteiger partial charge in [0, 0.05) is 10.4 Å². The van der Waals surface area contributed by atoms with E-state index in [2.05, 4.69) is 15.9 Å². The van der Waals surface area contributed by atoms with Crippen LogP contribution in [-0.2, 0) is 16.4 Å². The van der Waals surface area contributed by atoms with Crippen molar-refractivity contribution in [2.75, 3.05) is 6.61 Å². The van der Waals surface area contributed by atoms with Gasteiger partial charge in [-0.2, -0.15) is 0 Å². The van der Waals surface area contributed by atoms with E-state index in [1.807, 2.05) is 30.3 Å². The molecular weight excluding hydrogens is 354 g/mol. The van der Waals surface area contributed by atoms with Crippen molar-refractivity contribution >= 4 is 26.0 Å². The minimum atomic E-state index is -3.83. The zero-order chi connectivity index (χ0) is 15.5. The number of halogens is 1. The number of rotatable bonds is 5. The molecule has 0 bridgehead atoms. The van der Waals surface area contributed by atoms with Gasteiger partial charge in [-0.3, -0.25) is 0 Å². The van der Waals surface area contributed by atoms with Gasteiger partial charge in [-0.25, -0.2) is 13.6 Å². The summed E-state index contributed by atoms with van der Waals surface area (Å²) in [6.07, 6.45) is 0.538. The van der Waals surface area contributed by atoms with Crippen LogP contribution in [0.25, 0.3) is 0 Å². The van der Waals surface area contributed by atoms with E-state index in [-0.39, 0.29) is 17.4 Å². The van der Waals surface area contributed by atoms with E-state index in [4.69, 9.17) is 5.14 Å². The highest BCUT2D eigenvalue weighted by Crippen LogP contribution is 2.29. The number of benzene rings is 2. The van der Waals surface area contributed by atoms with Crippen molar-refractivity contribution in [2.24, 2.45) is 5.14 Å². The van der Waals surface area contributed by atoms with Crippen LogP contribution in [0.3, 0.4) is 0 Å². The highest BCUT2D eigenvalue weighted by molar-refractivity contribution is 9.10. The number of hydrogen-bond acceptors (Lipinski definition) is 3. The van der Waals surface area contributed by atoms with Gasteiger partial charge >= 0.3 is 0 Å². The monoisotopic (exact) mass is 369 g/mol. The van der Waals surface area contributed by atoms with Gasteiger partial charge in [-0.15, -0.1) is 0 Å². The van der Waals surface area contributed by atoms with Gasteiger partial charge in [0.05, 0.1) is 11.5 Å². The average molecular weight is 370 g/mol. The summed E-state index contributed by atoms with van der Waals surface area (Å²) in [4.78, 5) is 0.0562. The minimum Gasteiger partial charge on any atom is -0.396 e. The van der Waals surface area contributed by atoms with Crippen LogP contribution in [0.1, 0.15) is 17.0 Å². The van der Waals surface area contributed by atoms with Crippen LogP contribution in [0.4, 0.5) is 0 Å². The van der Waals surface area contributed by atoms with E-state index >= 15 is 0 Å². The van der Waals surface area contributed by atoms with Crippen molar-refractivity contribution in [3.05, 3.63) is 64.1 Å². The Bertz CT molecular complexity index is 717. The van der Waals surface area contributed by atoms with Gasteiger partial charge in [0.25, 0.3) is 0 Å². The Kier molecular flexibility index (Phi) is 5.16. The molecule has 112 valence electrons. The maximum Gasteiger partial charge on any atom is 0.238 e. The minimum absolute atomic E-state index is 0.0562. The van der Waals surface area contributed by atoms with Crippen molar-refractivity contribution in [1.82, 2.24) is 0 Å². The average Bonchev–Trinajstić information content (AvgIpc) is 2.44. The third-order valence-electron chi connectivity index (χ3n) is 3.26. The van der Waals surface area contributed by atoms with Crippen LogP contribution in [0.5, 0.6) is 0 Å². The number of nitrogens with two attached hydrogens (primary N) is 1. The second-order valence-corrected chi connectivity index (χ2v) is 7.24. The number of primary sulfonamides is 1. The molecule has 0 aliphatic carbocycles. The molecule has 0 aliphatic rings. The largest absolute Gasteiger partial charge is 0.396 e. The molecule has 0 spiro atoms. The summed E-state index contributed by atoms with van der Waals surface area (Å²) >= 11 is 3.33. The van der Waals surface area contributed by atoms with Gasteiger partial charge in [0.2, 0.25) is 10.0 Å². The molecule has 0 unspecified atom stereocenters. The molecule has 2 aromatic rings. The molecule has 0 aromatic heterocycles. The maximum absolute atomic E-state index is 11.7. The molecular formula is C15H16BrNO3S. The van der Waals surface area contributed by atoms with Crippen molar-refractivity contribution in [3.63, 3.8) is 0 Å². The van der Waals surface area contributed by atoms with Crippen LogP contribution in [0.2, 0.25) is 0 Å². The van der Waals surface area contributed by atoms with Gasteiger partial charge < -0.3 is 5.11 Å². The zero-order valence-electron chi connectivity index (χ0n) is 11.2. The second kappa shape index (κ2) is 6.70. The van der Waals surface area contributed by atoms with Gasteiger partial charge in [-0.05, 0) is 35.7 Å². The molecule has 0 radical (unpaired) electrons. The first-order valence-electron chi connectivity index (χ1n) is 6.39. The van der Waals surface area contributed by atoms with E-state index < -0.39 is 10.0 Å². The fraction of sp³-hybridized carbons (Fsp3) is 0.200. The van der Waals surface area contributed by atoms with E-state index in [0.717, 1.165) is 10.0 Å². The number of hydrogen-bond donors (Lipinski definition) is 2. The van der Waals surface area contributed by atoms with Crippen molar-refractivity contribution in [2.45, 2.75) is 17.2 Å². The first-order chi connectivity index (χ1) is 9.91. The highest BCUT2D eigenvalue weighted by atomic mass is 79.9. The lowest BCUT2D eigenvalue weighted by Crippen LogP contribution is -2.18. The number of sulfonamides is 1. The van der Waals surface area contributed by atoms with E-state index in [1.54, 1.807) is 12.1 Å². The standard InChI is InChI=1S/C15H16BrNO3S/c16-13-6-7-15(21(17,19)20)14(9-13)12(10-18)8-11-4-2-1-3-5-11/h1-7,9,12,18H,8,10H2,(H2,17,19,20)/t12-/m1/s1. The molecule has 0 amide bonds. The first-order valence-corrected chi connectivity index (χ1v) is 8.73. The van der Waals surface area contributed by atoms with Crippen LogP contribution in [0, 0.1) is 0 Å². The summed E-state index contributed by atoms with van der Waals surface area (Å²) in [5.41, 5.74) is 1.55. The Morgan fingerprint density at radius 3 is 2.38 bits per heavy atom. The Labute approximate surface area is 132 Å². The summed E-state index contributed by atoms with van der Waals surface area (Å²) in [5, 5.41) is 14.9. The molecule has 2 rings (SSSR count). The lowest BCUT2D eigenvalue weighted by Gasteiger charge is -2.18. The molecule has 21 heavy (non-hydrogen) atoms. The predicted octanol–water partition coefficient (Wildman–Crippen LogP) is 2.42. The van der Waals surface area contributed by atoms with Crippen molar-refractivity contribution in [1.29, 1.82) is 0 Å². The Morgan fingerprint density at radius 1 is 1.14 bits per heavy atom. The SMILES string of the molecule is NS(=O)(=O)c1ccc(Br)cc1[C@@H](CO)Cc1ccccc1. The third-order valence-corrected chi connectivity index (χ3v) is 4.74. The molecule has 2 aromatic carbocycles. The zero-order valence-corrected chi connectivity index (χ0v) is 13.6. The molecule has 3 N–H and O–H groups in total. The molecule has 0 saturated carbocycles. The Hall–Kier alpha value is -1.21.